The van der Waals surface area contributed by atoms with Crippen LogP contribution in [0.3, 0.4) is 0 Å². The summed E-state index contributed by atoms with van der Waals surface area (Å²) in [4.78, 5) is 11.7. The number of carbonyl (C=O) groups excluding carboxylic acids is 1. The Hall–Kier alpha value is -1.32. The second kappa shape index (κ2) is 5.34. The Morgan fingerprint density at radius 1 is 1.53 bits per heavy atom. The van der Waals surface area contributed by atoms with Gasteiger partial charge in [0.2, 0.25) is 5.91 Å². The molecule has 0 aromatic carbocycles. The monoisotopic (exact) mass is 237 g/mol. The summed E-state index contributed by atoms with van der Waals surface area (Å²) in [7, 11) is 1.89. The highest BCUT2D eigenvalue weighted by atomic mass is 16.1. The van der Waals surface area contributed by atoms with Crippen molar-refractivity contribution < 1.29 is 4.79 Å². The van der Waals surface area contributed by atoms with Crippen molar-refractivity contribution in [2.45, 2.75) is 46.6 Å². The first-order chi connectivity index (χ1) is 7.84. The van der Waals surface area contributed by atoms with Crippen LogP contribution in [0.4, 0.5) is 0 Å². The zero-order chi connectivity index (χ0) is 13.1. The third-order valence-electron chi connectivity index (χ3n) is 2.71. The number of carbonyl (C=O) groups is 1. The summed E-state index contributed by atoms with van der Waals surface area (Å²) < 4.78 is 1.76. The molecule has 1 N–H and O–H groups in total. The third-order valence-corrected chi connectivity index (χ3v) is 2.71. The number of aromatic nitrogens is 2. The SMILES string of the molecule is CCCC(=O)N[C@@H](c1cnn(C)c1)C(C)(C)C. The number of aryl methyl sites for hydroxylation is 1. The quantitative estimate of drug-likeness (QED) is 0.874. The van der Waals surface area contributed by atoms with E-state index in [1.54, 1.807) is 4.68 Å². The summed E-state index contributed by atoms with van der Waals surface area (Å²) in [5.41, 5.74) is 1.04. The fourth-order valence-corrected chi connectivity index (χ4v) is 1.85. The van der Waals surface area contributed by atoms with Gasteiger partial charge >= 0.3 is 0 Å². The third kappa shape index (κ3) is 3.88. The summed E-state index contributed by atoms with van der Waals surface area (Å²) >= 11 is 0. The van der Waals surface area contributed by atoms with E-state index in [1.165, 1.54) is 0 Å². The Morgan fingerprint density at radius 2 is 2.18 bits per heavy atom. The maximum atomic E-state index is 11.7. The van der Waals surface area contributed by atoms with E-state index in [0.717, 1.165) is 12.0 Å². The molecule has 0 bridgehead atoms. The Labute approximate surface area is 103 Å². The molecule has 1 amide bonds. The van der Waals surface area contributed by atoms with Crippen LogP contribution in [-0.2, 0) is 11.8 Å². The number of hydrogen-bond donors (Lipinski definition) is 1. The summed E-state index contributed by atoms with van der Waals surface area (Å²) in [6, 6.07) is 0.00949. The summed E-state index contributed by atoms with van der Waals surface area (Å²) in [6.45, 7) is 8.38. The molecule has 96 valence electrons. The first-order valence-electron chi connectivity index (χ1n) is 6.12. The molecular formula is C13H23N3O. The van der Waals surface area contributed by atoms with Crippen LogP contribution in [0.15, 0.2) is 12.4 Å². The lowest BCUT2D eigenvalue weighted by atomic mass is 9.83. The van der Waals surface area contributed by atoms with E-state index >= 15 is 0 Å². The smallest absolute Gasteiger partial charge is 0.220 e. The highest BCUT2D eigenvalue weighted by Gasteiger charge is 2.28. The maximum absolute atomic E-state index is 11.7. The zero-order valence-corrected chi connectivity index (χ0v) is 11.4. The minimum Gasteiger partial charge on any atom is -0.349 e. The molecule has 1 rings (SSSR count). The fraction of sp³-hybridized carbons (Fsp3) is 0.692. The van der Waals surface area contributed by atoms with Gasteiger partial charge in [-0.3, -0.25) is 9.48 Å². The van der Waals surface area contributed by atoms with Crippen LogP contribution in [-0.4, -0.2) is 15.7 Å². The van der Waals surface area contributed by atoms with Crippen LogP contribution >= 0.6 is 0 Å². The lowest BCUT2D eigenvalue weighted by molar-refractivity contribution is -0.122. The molecule has 4 nitrogen and oxygen atoms in total. The zero-order valence-electron chi connectivity index (χ0n) is 11.4. The summed E-state index contributed by atoms with van der Waals surface area (Å²) in [5, 5.41) is 7.26. The molecule has 0 spiro atoms. The Balaban J connectivity index is 2.86. The molecule has 17 heavy (non-hydrogen) atoms. The second-order valence-corrected chi connectivity index (χ2v) is 5.56. The van der Waals surface area contributed by atoms with Gasteiger partial charge in [0.1, 0.15) is 0 Å². The normalized spacial score (nSPS) is 13.5. The minimum atomic E-state index is -0.0214. The van der Waals surface area contributed by atoms with Gasteiger partial charge in [-0.05, 0) is 11.8 Å². The molecule has 0 aliphatic heterocycles. The predicted octanol–water partition coefficient (Wildman–Crippen LogP) is 2.42. The largest absolute Gasteiger partial charge is 0.349 e. The Morgan fingerprint density at radius 3 is 2.59 bits per heavy atom. The molecule has 1 aromatic rings. The van der Waals surface area contributed by atoms with Crippen molar-refractivity contribution >= 4 is 5.91 Å². The summed E-state index contributed by atoms with van der Waals surface area (Å²) in [6.07, 6.45) is 5.23. The maximum Gasteiger partial charge on any atom is 0.220 e. The molecule has 0 saturated heterocycles. The highest BCUT2D eigenvalue weighted by Crippen LogP contribution is 2.32. The summed E-state index contributed by atoms with van der Waals surface area (Å²) in [5.74, 6) is 0.108. The first-order valence-corrected chi connectivity index (χ1v) is 6.12. The molecule has 1 aromatic heterocycles. The minimum absolute atomic E-state index is 0.00949. The van der Waals surface area contributed by atoms with Gasteiger partial charge in [-0.2, -0.15) is 5.10 Å². The molecule has 4 heteroatoms. The van der Waals surface area contributed by atoms with Gasteiger partial charge in [0.05, 0.1) is 12.2 Å². The molecular weight excluding hydrogens is 214 g/mol. The van der Waals surface area contributed by atoms with Crippen LogP contribution < -0.4 is 5.32 Å². The Bertz CT molecular complexity index is 376. The average Bonchev–Trinajstić information content (AvgIpc) is 2.59. The van der Waals surface area contributed by atoms with Crippen molar-refractivity contribution in [3.63, 3.8) is 0 Å². The van der Waals surface area contributed by atoms with Gasteiger partial charge in [-0.15, -0.1) is 0 Å². The van der Waals surface area contributed by atoms with Crippen molar-refractivity contribution in [1.82, 2.24) is 15.1 Å². The van der Waals surface area contributed by atoms with Crippen LogP contribution in [0.25, 0.3) is 0 Å². The van der Waals surface area contributed by atoms with Gasteiger partial charge in [0.25, 0.3) is 0 Å². The van der Waals surface area contributed by atoms with Crippen LogP contribution in [0.1, 0.15) is 52.1 Å². The molecule has 0 fully saturated rings. The van der Waals surface area contributed by atoms with E-state index in [-0.39, 0.29) is 17.4 Å². The van der Waals surface area contributed by atoms with Crippen molar-refractivity contribution in [3.8, 4) is 0 Å². The standard InChI is InChI=1S/C13H23N3O/c1-6-7-11(17)15-12(13(2,3)4)10-8-14-16(5)9-10/h8-9,12H,6-7H2,1-5H3,(H,15,17)/t12-/m0/s1. The van der Waals surface area contributed by atoms with E-state index in [2.05, 4.69) is 31.2 Å². The lowest BCUT2D eigenvalue weighted by Gasteiger charge is -2.30. The molecule has 0 radical (unpaired) electrons. The van der Waals surface area contributed by atoms with E-state index in [4.69, 9.17) is 0 Å². The van der Waals surface area contributed by atoms with Gasteiger partial charge in [-0.1, -0.05) is 27.7 Å². The van der Waals surface area contributed by atoms with E-state index in [1.807, 2.05) is 26.4 Å². The number of nitrogens with one attached hydrogen (secondary N) is 1. The van der Waals surface area contributed by atoms with E-state index in [0.29, 0.717) is 6.42 Å². The van der Waals surface area contributed by atoms with Crippen LogP contribution in [0.2, 0.25) is 0 Å². The molecule has 0 aliphatic rings. The fourth-order valence-electron chi connectivity index (χ4n) is 1.85. The number of amides is 1. The lowest BCUT2D eigenvalue weighted by Crippen LogP contribution is -2.36. The van der Waals surface area contributed by atoms with Gasteiger partial charge < -0.3 is 5.32 Å². The highest BCUT2D eigenvalue weighted by molar-refractivity contribution is 5.76. The molecule has 1 heterocycles. The topological polar surface area (TPSA) is 46.9 Å². The molecule has 0 unspecified atom stereocenters. The molecule has 0 saturated carbocycles. The van der Waals surface area contributed by atoms with Gasteiger partial charge in [0, 0.05) is 25.2 Å². The molecule has 0 aliphatic carbocycles. The van der Waals surface area contributed by atoms with E-state index < -0.39 is 0 Å². The van der Waals surface area contributed by atoms with Crippen molar-refractivity contribution in [3.05, 3.63) is 18.0 Å². The second-order valence-electron chi connectivity index (χ2n) is 5.56. The number of nitrogens with zero attached hydrogens (tertiary/aromatic N) is 2. The van der Waals surface area contributed by atoms with Crippen LogP contribution in [0.5, 0.6) is 0 Å². The average molecular weight is 237 g/mol. The number of hydrogen-bond acceptors (Lipinski definition) is 2. The molecule has 1 atom stereocenters. The van der Waals surface area contributed by atoms with Gasteiger partial charge in [0.15, 0.2) is 0 Å². The predicted molar refractivity (Wildman–Crippen MR) is 68.5 cm³/mol. The Kier molecular flexibility index (Phi) is 4.32. The van der Waals surface area contributed by atoms with Gasteiger partial charge in [-0.25, -0.2) is 0 Å². The number of rotatable bonds is 4. The first kappa shape index (κ1) is 13.7. The van der Waals surface area contributed by atoms with Crippen molar-refractivity contribution in [2.24, 2.45) is 12.5 Å². The van der Waals surface area contributed by atoms with Crippen LogP contribution in [0, 0.1) is 5.41 Å². The van der Waals surface area contributed by atoms with E-state index in [9.17, 15) is 4.79 Å². The van der Waals surface area contributed by atoms with Crippen molar-refractivity contribution in [2.75, 3.05) is 0 Å². The van der Waals surface area contributed by atoms with Crippen molar-refractivity contribution in [1.29, 1.82) is 0 Å².